The first-order chi connectivity index (χ1) is 11.8. The number of methoxy groups -OCH3 is 1. The van der Waals surface area contributed by atoms with Gasteiger partial charge in [0.1, 0.15) is 0 Å². The maximum absolute atomic E-state index is 5.07. The maximum atomic E-state index is 5.07. The molecule has 136 valence electrons. The summed E-state index contributed by atoms with van der Waals surface area (Å²) in [6.07, 6.45) is 0.956. The van der Waals surface area contributed by atoms with Crippen molar-refractivity contribution in [2.24, 2.45) is 4.99 Å². The number of hydrogen-bond acceptors (Lipinski definition) is 2. The molecule has 0 saturated heterocycles. The number of nitrogens with one attached hydrogen (secondary N) is 2. The van der Waals surface area contributed by atoms with E-state index in [1.807, 2.05) is 0 Å². The molecule has 2 aromatic carbocycles. The topological polar surface area (TPSA) is 45.7 Å². The van der Waals surface area contributed by atoms with E-state index >= 15 is 0 Å². The summed E-state index contributed by atoms with van der Waals surface area (Å²) in [6.45, 7) is 2.38. The molecule has 0 amide bonds. The number of nitrogens with zero attached hydrogens (tertiary/aromatic N) is 1. The Morgan fingerprint density at radius 1 is 0.960 bits per heavy atom. The van der Waals surface area contributed by atoms with Crippen LogP contribution in [0.5, 0.6) is 0 Å². The first-order valence-electron chi connectivity index (χ1n) is 8.38. The van der Waals surface area contributed by atoms with E-state index in [1.165, 1.54) is 11.1 Å². The number of benzene rings is 2. The van der Waals surface area contributed by atoms with Crippen LogP contribution in [0.4, 0.5) is 0 Å². The van der Waals surface area contributed by atoms with Crippen molar-refractivity contribution in [2.75, 3.05) is 33.9 Å². The first-order valence-corrected chi connectivity index (χ1v) is 8.38. The van der Waals surface area contributed by atoms with Crippen molar-refractivity contribution in [3.8, 4) is 0 Å². The molecule has 0 saturated carbocycles. The van der Waals surface area contributed by atoms with E-state index in [9.17, 15) is 0 Å². The zero-order chi connectivity index (χ0) is 17.0. The van der Waals surface area contributed by atoms with E-state index in [-0.39, 0.29) is 29.9 Å². The lowest BCUT2D eigenvalue weighted by Crippen LogP contribution is -2.40. The van der Waals surface area contributed by atoms with E-state index in [1.54, 1.807) is 14.2 Å². The van der Waals surface area contributed by atoms with Gasteiger partial charge in [0.25, 0.3) is 0 Å². The molecule has 2 aromatic rings. The minimum absolute atomic E-state index is 0. The summed E-state index contributed by atoms with van der Waals surface area (Å²) in [4.78, 5) is 4.30. The predicted octanol–water partition coefficient (Wildman–Crippen LogP) is 3.64. The molecular formula is C20H28IN3O. The zero-order valence-corrected chi connectivity index (χ0v) is 17.3. The number of ether oxygens (including phenoxy) is 1. The Balaban J connectivity index is 0.00000312. The average Bonchev–Trinajstić information content (AvgIpc) is 2.65. The van der Waals surface area contributed by atoms with Gasteiger partial charge in [0.15, 0.2) is 5.96 Å². The largest absolute Gasteiger partial charge is 0.385 e. The van der Waals surface area contributed by atoms with Gasteiger partial charge in [-0.2, -0.15) is 0 Å². The fourth-order valence-corrected chi connectivity index (χ4v) is 2.64. The van der Waals surface area contributed by atoms with Gasteiger partial charge in [-0.15, -0.1) is 24.0 Å². The quantitative estimate of drug-likeness (QED) is 0.278. The van der Waals surface area contributed by atoms with Crippen LogP contribution in [0.1, 0.15) is 23.5 Å². The molecule has 4 nitrogen and oxygen atoms in total. The summed E-state index contributed by atoms with van der Waals surface area (Å²) >= 11 is 0. The van der Waals surface area contributed by atoms with Crippen LogP contribution < -0.4 is 10.6 Å². The van der Waals surface area contributed by atoms with Crippen molar-refractivity contribution in [3.05, 3.63) is 71.8 Å². The molecule has 0 atom stereocenters. The molecule has 2 rings (SSSR count). The highest BCUT2D eigenvalue weighted by atomic mass is 127. The molecule has 0 bridgehead atoms. The molecule has 25 heavy (non-hydrogen) atoms. The maximum Gasteiger partial charge on any atom is 0.191 e. The van der Waals surface area contributed by atoms with Crippen molar-refractivity contribution in [1.82, 2.24) is 10.6 Å². The molecule has 0 aliphatic heterocycles. The van der Waals surface area contributed by atoms with Gasteiger partial charge in [-0.1, -0.05) is 60.7 Å². The van der Waals surface area contributed by atoms with Gasteiger partial charge in [-0.05, 0) is 17.5 Å². The minimum Gasteiger partial charge on any atom is -0.385 e. The van der Waals surface area contributed by atoms with Crippen LogP contribution in [0, 0.1) is 0 Å². The summed E-state index contributed by atoms with van der Waals surface area (Å²) < 4.78 is 5.07. The first kappa shape index (κ1) is 21.4. The third-order valence-corrected chi connectivity index (χ3v) is 3.92. The molecule has 0 radical (unpaired) electrons. The number of rotatable bonds is 8. The molecule has 2 N–H and O–H groups in total. The lowest BCUT2D eigenvalue weighted by Gasteiger charge is -2.20. The van der Waals surface area contributed by atoms with Crippen molar-refractivity contribution < 1.29 is 4.74 Å². The molecule has 0 aromatic heterocycles. The summed E-state index contributed by atoms with van der Waals surface area (Å²) in [5.41, 5.74) is 2.59. The van der Waals surface area contributed by atoms with Crippen molar-refractivity contribution in [1.29, 1.82) is 0 Å². The van der Waals surface area contributed by atoms with Crippen LogP contribution in [0.15, 0.2) is 65.7 Å². The van der Waals surface area contributed by atoms with Gasteiger partial charge in [0.2, 0.25) is 0 Å². The SMILES string of the molecule is CN=C(NCCCOC)NCC(c1ccccc1)c1ccccc1.I. The normalized spacial score (nSPS) is 11.1. The van der Waals surface area contributed by atoms with Gasteiger partial charge < -0.3 is 15.4 Å². The third kappa shape index (κ3) is 7.44. The lowest BCUT2D eigenvalue weighted by molar-refractivity contribution is 0.195. The Labute approximate surface area is 168 Å². The fourth-order valence-electron chi connectivity index (χ4n) is 2.64. The lowest BCUT2D eigenvalue weighted by atomic mass is 9.91. The van der Waals surface area contributed by atoms with Gasteiger partial charge in [0, 0.05) is 39.8 Å². The van der Waals surface area contributed by atoms with Gasteiger partial charge in [-0.3, -0.25) is 4.99 Å². The van der Waals surface area contributed by atoms with Gasteiger partial charge in [-0.25, -0.2) is 0 Å². The van der Waals surface area contributed by atoms with Crippen LogP contribution in [-0.4, -0.2) is 39.8 Å². The molecule has 0 aliphatic rings. The number of halogens is 1. The molecular weight excluding hydrogens is 425 g/mol. The Morgan fingerprint density at radius 3 is 2.00 bits per heavy atom. The highest BCUT2D eigenvalue weighted by Gasteiger charge is 2.14. The van der Waals surface area contributed by atoms with E-state index in [2.05, 4.69) is 76.3 Å². The Bertz CT molecular complexity index is 565. The summed E-state index contributed by atoms with van der Waals surface area (Å²) in [5, 5.41) is 6.76. The third-order valence-electron chi connectivity index (χ3n) is 3.92. The second-order valence-corrected chi connectivity index (χ2v) is 5.60. The number of aliphatic imine (C=N–C) groups is 1. The summed E-state index contributed by atoms with van der Waals surface area (Å²) in [6, 6.07) is 21.1. The highest BCUT2D eigenvalue weighted by molar-refractivity contribution is 14.0. The van der Waals surface area contributed by atoms with Crippen LogP contribution in [0.3, 0.4) is 0 Å². The standard InChI is InChI=1S/C20H27N3O.HI/c1-21-20(22-14-9-15-24-2)23-16-19(17-10-5-3-6-11-17)18-12-7-4-8-13-18;/h3-8,10-13,19H,9,14-16H2,1-2H3,(H2,21,22,23);1H. The summed E-state index contributed by atoms with van der Waals surface area (Å²) in [7, 11) is 3.52. The van der Waals surface area contributed by atoms with E-state index < -0.39 is 0 Å². The second kappa shape index (κ2) is 12.7. The van der Waals surface area contributed by atoms with E-state index in [0.29, 0.717) is 0 Å². The van der Waals surface area contributed by atoms with Crippen molar-refractivity contribution in [2.45, 2.75) is 12.3 Å². The van der Waals surface area contributed by atoms with Gasteiger partial charge in [0.05, 0.1) is 0 Å². The smallest absolute Gasteiger partial charge is 0.191 e. The van der Waals surface area contributed by atoms with Gasteiger partial charge >= 0.3 is 0 Å². The highest BCUT2D eigenvalue weighted by Crippen LogP contribution is 2.23. The van der Waals surface area contributed by atoms with Crippen molar-refractivity contribution >= 4 is 29.9 Å². The monoisotopic (exact) mass is 453 g/mol. The predicted molar refractivity (Wildman–Crippen MR) is 116 cm³/mol. The van der Waals surface area contributed by atoms with Crippen LogP contribution >= 0.6 is 24.0 Å². The number of guanidine groups is 1. The van der Waals surface area contributed by atoms with Crippen LogP contribution in [-0.2, 0) is 4.74 Å². The summed E-state index contributed by atoms with van der Waals surface area (Å²) in [5.74, 6) is 1.10. The second-order valence-electron chi connectivity index (χ2n) is 5.60. The Morgan fingerprint density at radius 2 is 1.52 bits per heavy atom. The van der Waals surface area contributed by atoms with Crippen LogP contribution in [0.25, 0.3) is 0 Å². The zero-order valence-electron chi connectivity index (χ0n) is 14.9. The molecule has 0 heterocycles. The Hall–Kier alpha value is -1.60. The molecule has 0 aliphatic carbocycles. The molecule has 0 fully saturated rings. The molecule has 5 heteroatoms. The molecule has 0 spiro atoms. The number of hydrogen-bond donors (Lipinski definition) is 2. The van der Waals surface area contributed by atoms with E-state index in [4.69, 9.17) is 4.74 Å². The Kier molecular flexibility index (Phi) is 10.9. The fraction of sp³-hybridized carbons (Fsp3) is 0.350. The van der Waals surface area contributed by atoms with Crippen molar-refractivity contribution in [3.63, 3.8) is 0 Å². The molecule has 0 unspecified atom stereocenters. The average molecular weight is 453 g/mol. The van der Waals surface area contributed by atoms with E-state index in [0.717, 1.165) is 32.1 Å². The van der Waals surface area contributed by atoms with Crippen LogP contribution in [0.2, 0.25) is 0 Å². The minimum atomic E-state index is 0.